The van der Waals surface area contributed by atoms with Gasteiger partial charge in [-0.3, -0.25) is 4.79 Å². The van der Waals surface area contributed by atoms with Gasteiger partial charge in [0.1, 0.15) is 5.56 Å². The highest BCUT2D eigenvalue weighted by Crippen LogP contribution is 2.24. The molecule has 1 N–H and O–H groups in total. The molecule has 1 amide bonds. The van der Waals surface area contributed by atoms with Crippen LogP contribution in [0.2, 0.25) is 0 Å². The van der Waals surface area contributed by atoms with E-state index >= 15 is 0 Å². The van der Waals surface area contributed by atoms with E-state index in [1.165, 1.54) is 0 Å². The first-order valence-electron chi connectivity index (χ1n) is 6.65. The van der Waals surface area contributed by atoms with Crippen molar-refractivity contribution in [3.8, 4) is 0 Å². The van der Waals surface area contributed by atoms with Gasteiger partial charge in [-0.2, -0.15) is 0 Å². The van der Waals surface area contributed by atoms with Crippen LogP contribution in [0.15, 0.2) is 4.52 Å². The van der Waals surface area contributed by atoms with E-state index in [1.54, 1.807) is 25.7 Å². The van der Waals surface area contributed by atoms with Gasteiger partial charge in [0.25, 0.3) is 5.91 Å². The molecule has 0 fully saturated rings. The van der Waals surface area contributed by atoms with Crippen LogP contribution in [0.5, 0.6) is 0 Å². The molecule has 0 aliphatic carbocycles. The molecule has 0 spiro atoms. The lowest BCUT2D eigenvalue weighted by atomic mass is 10.0. The Balaban J connectivity index is 3.07. The number of amides is 1. The molecule has 1 aromatic rings. The summed E-state index contributed by atoms with van der Waals surface area (Å²) >= 11 is 0. The molecule has 1 rings (SSSR count). The molecule has 0 unspecified atom stereocenters. The van der Waals surface area contributed by atoms with Gasteiger partial charge in [0.2, 0.25) is 0 Å². The summed E-state index contributed by atoms with van der Waals surface area (Å²) in [7, 11) is 0. The van der Waals surface area contributed by atoms with Gasteiger partial charge in [0.05, 0.1) is 11.3 Å². The fraction of sp³-hybridized carbons (Fsp3) is 0.714. The highest BCUT2D eigenvalue weighted by molar-refractivity contribution is 5.96. The number of rotatable bonds is 5. The molecule has 0 radical (unpaired) electrons. The summed E-state index contributed by atoms with van der Waals surface area (Å²) in [5.74, 6) is 0.574. The summed E-state index contributed by atoms with van der Waals surface area (Å²) in [4.78, 5) is 14.2. The Morgan fingerprint density at radius 3 is 2.47 bits per heavy atom. The maximum absolute atomic E-state index is 12.6. The van der Waals surface area contributed by atoms with Crippen molar-refractivity contribution in [2.24, 2.45) is 0 Å². The number of aromatic nitrogens is 1. The van der Waals surface area contributed by atoms with Crippen LogP contribution in [-0.2, 0) is 0 Å². The molecular weight excluding hydrogens is 244 g/mol. The Labute approximate surface area is 114 Å². The monoisotopic (exact) mass is 268 g/mol. The number of hydrogen-bond donors (Lipinski definition) is 1. The number of aliphatic hydroxyl groups is 1. The summed E-state index contributed by atoms with van der Waals surface area (Å²) in [5.41, 5.74) is 0.207. The number of carbonyl (C=O) groups excluding carboxylic acids is 1. The summed E-state index contributed by atoms with van der Waals surface area (Å²) < 4.78 is 5.24. The Bertz CT molecular complexity index is 444. The number of carbonyl (C=O) groups is 1. The van der Waals surface area contributed by atoms with Gasteiger partial charge >= 0.3 is 0 Å². The van der Waals surface area contributed by atoms with Crippen LogP contribution in [0, 0.1) is 6.92 Å². The van der Waals surface area contributed by atoms with Crippen LogP contribution in [0.3, 0.4) is 0 Å². The summed E-state index contributed by atoms with van der Waals surface area (Å²) in [6, 6.07) is 0. The van der Waals surface area contributed by atoms with E-state index in [4.69, 9.17) is 4.52 Å². The quantitative estimate of drug-likeness (QED) is 0.890. The molecule has 1 aromatic heterocycles. The van der Waals surface area contributed by atoms with Gasteiger partial charge in [-0.15, -0.1) is 0 Å². The van der Waals surface area contributed by atoms with Crippen LogP contribution in [-0.4, -0.2) is 39.8 Å². The maximum atomic E-state index is 12.6. The van der Waals surface area contributed by atoms with Gasteiger partial charge in [0.15, 0.2) is 5.76 Å². The number of hydrogen-bond acceptors (Lipinski definition) is 4. The number of nitrogens with zero attached hydrogens (tertiary/aromatic N) is 2. The highest BCUT2D eigenvalue weighted by Gasteiger charge is 2.28. The highest BCUT2D eigenvalue weighted by atomic mass is 16.5. The lowest BCUT2D eigenvalue weighted by Gasteiger charge is -2.28. The van der Waals surface area contributed by atoms with Crippen molar-refractivity contribution >= 4 is 5.91 Å². The predicted octanol–water partition coefficient (Wildman–Crippen LogP) is 2.34. The van der Waals surface area contributed by atoms with E-state index in [1.807, 2.05) is 20.8 Å². The molecule has 0 saturated carbocycles. The third-order valence-corrected chi connectivity index (χ3v) is 2.87. The Kier molecular flexibility index (Phi) is 4.74. The Morgan fingerprint density at radius 2 is 2.05 bits per heavy atom. The summed E-state index contributed by atoms with van der Waals surface area (Å²) in [6.45, 7) is 11.8. The van der Waals surface area contributed by atoms with Crippen molar-refractivity contribution in [1.29, 1.82) is 0 Å². The fourth-order valence-electron chi connectivity index (χ4n) is 1.99. The second-order valence-electron chi connectivity index (χ2n) is 5.79. The van der Waals surface area contributed by atoms with Gasteiger partial charge in [0, 0.05) is 19.0 Å². The van der Waals surface area contributed by atoms with E-state index in [9.17, 15) is 9.90 Å². The largest absolute Gasteiger partial charge is 0.389 e. The Hall–Kier alpha value is -1.36. The minimum absolute atomic E-state index is 0.0981. The Morgan fingerprint density at radius 1 is 1.47 bits per heavy atom. The van der Waals surface area contributed by atoms with E-state index < -0.39 is 5.60 Å². The normalized spacial score (nSPS) is 12.0. The molecule has 0 saturated heterocycles. The molecule has 0 aliphatic rings. The second-order valence-corrected chi connectivity index (χ2v) is 5.79. The van der Waals surface area contributed by atoms with Gasteiger partial charge < -0.3 is 14.5 Å². The molecule has 0 aromatic carbocycles. The zero-order valence-electron chi connectivity index (χ0n) is 12.6. The minimum atomic E-state index is -0.922. The zero-order chi connectivity index (χ0) is 14.8. The van der Waals surface area contributed by atoms with E-state index in [0.717, 1.165) is 0 Å². The van der Waals surface area contributed by atoms with Crippen molar-refractivity contribution in [2.75, 3.05) is 13.1 Å². The molecule has 5 heteroatoms. The minimum Gasteiger partial charge on any atom is -0.389 e. The van der Waals surface area contributed by atoms with E-state index in [-0.39, 0.29) is 18.4 Å². The lowest BCUT2D eigenvalue weighted by Crippen LogP contribution is -2.42. The van der Waals surface area contributed by atoms with Gasteiger partial charge in [-0.05, 0) is 27.7 Å². The smallest absolute Gasteiger partial charge is 0.259 e. The van der Waals surface area contributed by atoms with Crippen LogP contribution in [0.25, 0.3) is 0 Å². The number of aryl methyl sites for hydroxylation is 1. The van der Waals surface area contributed by atoms with Gasteiger partial charge in [-0.1, -0.05) is 19.0 Å². The van der Waals surface area contributed by atoms with Crippen LogP contribution < -0.4 is 0 Å². The van der Waals surface area contributed by atoms with Crippen LogP contribution >= 0.6 is 0 Å². The fourth-order valence-corrected chi connectivity index (χ4v) is 1.99. The van der Waals surface area contributed by atoms with Crippen LogP contribution in [0.4, 0.5) is 0 Å². The summed E-state index contributed by atoms with van der Waals surface area (Å²) in [5, 5.41) is 13.8. The average molecular weight is 268 g/mol. The lowest BCUT2D eigenvalue weighted by molar-refractivity contribution is 0.0313. The third-order valence-electron chi connectivity index (χ3n) is 2.87. The van der Waals surface area contributed by atoms with Crippen LogP contribution in [0.1, 0.15) is 62.3 Å². The maximum Gasteiger partial charge on any atom is 0.259 e. The first kappa shape index (κ1) is 15.7. The molecule has 19 heavy (non-hydrogen) atoms. The number of likely N-dealkylation sites (N-methyl/N-ethyl adjacent to an activating group) is 1. The molecule has 0 atom stereocenters. The van der Waals surface area contributed by atoms with Crippen molar-refractivity contribution in [3.05, 3.63) is 17.0 Å². The van der Waals surface area contributed by atoms with E-state index in [0.29, 0.717) is 23.6 Å². The second kappa shape index (κ2) is 5.74. The molecule has 1 heterocycles. The van der Waals surface area contributed by atoms with E-state index in [2.05, 4.69) is 5.16 Å². The topological polar surface area (TPSA) is 66.6 Å². The predicted molar refractivity (Wildman–Crippen MR) is 73.2 cm³/mol. The SMILES string of the molecule is CCN(CC(C)(C)O)C(=O)c1c(C)noc1C(C)C. The zero-order valence-corrected chi connectivity index (χ0v) is 12.6. The molecule has 0 aliphatic heterocycles. The molecule has 0 bridgehead atoms. The first-order valence-corrected chi connectivity index (χ1v) is 6.65. The molecule has 5 nitrogen and oxygen atoms in total. The van der Waals surface area contributed by atoms with Crippen molar-refractivity contribution in [3.63, 3.8) is 0 Å². The first-order chi connectivity index (χ1) is 8.67. The molecule has 108 valence electrons. The van der Waals surface area contributed by atoms with Crippen molar-refractivity contribution in [2.45, 2.75) is 53.1 Å². The summed E-state index contributed by atoms with van der Waals surface area (Å²) in [6.07, 6.45) is 0. The van der Waals surface area contributed by atoms with Gasteiger partial charge in [-0.25, -0.2) is 0 Å². The average Bonchev–Trinajstić information content (AvgIpc) is 2.66. The standard InChI is InChI=1S/C14H24N2O3/c1-7-16(8-14(5,6)18)13(17)11-10(4)15-19-12(11)9(2)3/h9,18H,7-8H2,1-6H3. The third kappa shape index (κ3) is 3.80. The van der Waals surface area contributed by atoms with Crippen molar-refractivity contribution < 1.29 is 14.4 Å². The van der Waals surface area contributed by atoms with Crippen molar-refractivity contribution in [1.82, 2.24) is 10.1 Å². The molecular formula is C14H24N2O3.